The van der Waals surface area contributed by atoms with E-state index in [0.29, 0.717) is 5.92 Å². The Labute approximate surface area is 128 Å². The molecule has 1 saturated carbocycles. The Kier molecular flexibility index (Phi) is 2.90. The summed E-state index contributed by atoms with van der Waals surface area (Å²) in [5, 5.41) is 0.141. The first-order valence-electron chi connectivity index (χ1n) is 7.80. The molecular formula is C20H20P+. The van der Waals surface area contributed by atoms with Crippen molar-refractivity contribution in [1.29, 1.82) is 0 Å². The summed E-state index contributed by atoms with van der Waals surface area (Å²) >= 11 is 0. The molecule has 1 fully saturated rings. The molecule has 0 heterocycles. The number of rotatable bonds is 0. The van der Waals surface area contributed by atoms with Crippen LogP contribution in [0, 0.1) is 20.0 Å². The van der Waals surface area contributed by atoms with Gasteiger partial charge in [0.15, 0.2) is 0 Å². The van der Waals surface area contributed by atoms with Crippen LogP contribution in [-0.4, -0.2) is 0 Å². The van der Waals surface area contributed by atoms with Gasteiger partial charge in [0.2, 0.25) is 0 Å². The molecule has 0 spiro atoms. The van der Waals surface area contributed by atoms with Gasteiger partial charge in [0.05, 0.1) is 0 Å². The predicted octanol–water partition coefficient (Wildman–Crippen LogP) is 5.98. The van der Waals surface area contributed by atoms with Gasteiger partial charge < -0.3 is 0 Å². The van der Waals surface area contributed by atoms with E-state index in [9.17, 15) is 0 Å². The summed E-state index contributed by atoms with van der Waals surface area (Å²) in [7, 11) is 1.04. The fourth-order valence-electron chi connectivity index (χ4n) is 4.41. The molecule has 1 unspecified atom stereocenters. The second-order valence-electron chi connectivity index (χ2n) is 6.64. The summed E-state index contributed by atoms with van der Waals surface area (Å²) < 4.78 is 0. The van der Waals surface area contributed by atoms with Crippen LogP contribution in [0.25, 0.3) is 11.1 Å². The molecule has 0 radical (unpaired) electrons. The van der Waals surface area contributed by atoms with Gasteiger partial charge in [0.1, 0.15) is 0 Å². The molecule has 1 heteroatoms. The molecule has 0 aliphatic heterocycles. The molecule has 0 N–H and O–H groups in total. The first-order chi connectivity index (χ1) is 10.2. The van der Waals surface area contributed by atoms with E-state index in [1.165, 1.54) is 52.6 Å². The van der Waals surface area contributed by atoms with Crippen molar-refractivity contribution in [3.8, 4) is 17.3 Å². The van der Waals surface area contributed by atoms with Crippen LogP contribution in [0.4, 0.5) is 0 Å². The van der Waals surface area contributed by atoms with E-state index < -0.39 is 0 Å². The van der Waals surface area contributed by atoms with Crippen molar-refractivity contribution in [2.45, 2.75) is 44.2 Å². The Hall–Kier alpha value is -1.35. The Morgan fingerprint density at radius 2 is 1.76 bits per heavy atom. The molecule has 2 aromatic carbocycles. The van der Waals surface area contributed by atoms with Crippen molar-refractivity contribution in [2.75, 3.05) is 0 Å². The second-order valence-corrected chi connectivity index (χ2v) is 7.69. The quantitative estimate of drug-likeness (QED) is 0.524. The second kappa shape index (κ2) is 4.57. The summed E-state index contributed by atoms with van der Waals surface area (Å²) in [5.41, 5.74) is 8.57. The zero-order valence-electron chi connectivity index (χ0n) is 12.7. The zero-order valence-corrected chi connectivity index (χ0v) is 13.6. The van der Waals surface area contributed by atoms with Gasteiger partial charge in [-0.25, -0.2) is 0 Å². The number of fused-ring (bicyclic) bond motifs is 6. The Bertz CT molecular complexity index is 781. The first-order valence-corrected chi connectivity index (χ1v) is 8.76. The van der Waals surface area contributed by atoms with Gasteiger partial charge in [0, 0.05) is 0 Å². The van der Waals surface area contributed by atoms with Crippen molar-refractivity contribution in [3.63, 3.8) is 0 Å². The fraction of sp³-hybridized carbons (Fsp3) is 0.350. The molecule has 2 atom stereocenters. The van der Waals surface area contributed by atoms with Crippen LogP contribution in [0.2, 0.25) is 0 Å². The van der Waals surface area contributed by atoms with E-state index in [1.54, 1.807) is 0 Å². The van der Waals surface area contributed by atoms with Crippen molar-refractivity contribution in [3.05, 3.63) is 58.7 Å². The van der Waals surface area contributed by atoms with Crippen molar-refractivity contribution in [1.82, 2.24) is 0 Å². The van der Waals surface area contributed by atoms with E-state index >= 15 is 0 Å². The molecule has 2 aliphatic carbocycles. The standard InChI is InChI=1S/C20H20P/c1-13-6-8-15-16-9-7-14(2)12-19(16)20(21-3)10-4-5-18(20)17(15)11-13/h3,6-9,11-12,18H,4-5,10H2,1-2H3/q+1/t18?,20-/m1/s1. The minimum absolute atomic E-state index is 0.141. The van der Waals surface area contributed by atoms with E-state index in [2.05, 4.69) is 50.2 Å². The van der Waals surface area contributed by atoms with E-state index in [1.807, 2.05) is 0 Å². The number of aryl methyl sites for hydroxylation is 2. The molecule has 104 valence electrons. The molecule has 0 aromatic heterocycles. The fourth-order valence-corrected chi connectivity index (χ4v) is 5.47. The van der Waals surface area contributed by atoms with Gasteiger partial charge >= 0.3 is 128 Å². The molecule has 0 saturated heterocycles. The van der Waals surface area contributed by atoms with Gasteiger partial charge in [-0.05, 0) is 0 Å². The predicted molar refractivity (Wildman–Crippen MR) is 91.5 cm³/mol. The number of benzene rings is 2. The number of hydrogen-bond donors (Lipinski definition) is 0. The van der Waals surface area contributed by atoms with Crippen molar-refractivity contribution >= 4 is 8.04 Å². The van der Waals surface area contributed by atoms with Crippen LogP contribution in [-0.2, 0) is 5.16 Å². The van der Waals surface area contributed by atoms with E-state index in [0.717, 1.165) is 8.04 Å². The van der Waals surface area contributed by atoms with Crippen LogP contribution < -0.4 is 0 Å². The average molecular weight is 291 g/mol. The summed E-state index contributed by atoms with van der Waals surface area (Å²) in [4.78, 5) is 0. The van der Waals surface area contributed by atoms with Gasteiger partial charge in [-0.1, -0.05) is 0 Å². The Balaban J connectivity index is 2.11. The molecular weight excluding hydrogens is 271 g/mol. The average Bonchev–Trinajstić information content (AvgIpc) is 2.93. The van der Waals surface area contributed by atoms with Gasteiger partial charge in [0.25, 0.3) is 0 Å². The minimum atomic E-state index is 0.141. The van der Waals surface area contributed by atoms with E-state index in [-0.39, 0.29) is 5.16 Å². The monoisotopic (exact) mass is 291 g/mol. The number of hydrogen-bond acceptors (Lipinski definition) is 0. The SMILES string of the molecule is C#[P+][C@]12CCCC1c1cc(C)ccc1-c1ccc(C)cc12. The summed E-state index contributed by atoms with van der Waals surface area (Å²) in [5.74, 6) is 0.591. The molecule has 4 rings (SSSR count). The molecule has 21 heavy (non-hydrogen) atoms. The van der Waals surface area contributed by atoms with E-state index in [4.69, 9.17) is 6.13 Å². The Morgan fingerprint density at radius 1 is 1.05 bits per heavy atom. The molecule has 2 aromatic rings. The third-order valence-electron chi connectivity index (χ3n) is 5.37. The van der Waals surface area contributed by atoms with Gasteiger partial charge in [-0.3, -0.25) is 0 Å². The molecule has 0 bridgehead atoms. The zero-order chi connectivity index (χ0) is 14.6. The van der Waals surface area contributed by atoms with Gasteiger partial charge in [-0.15, -0.1) is 0 Å². The summed E-state index contributed by atoms with van der Waals surface area (Å²) in [6.45, 7) is 4.39. The maximum atomic E-state index is 6.31. The van der Waals surface area contributed by atoms with Crippen LogP contribution in [0.3, 0.4) is 0 Å². The van der Waals surface area contributed by atoms with Gasteiger partial charge in [-0.2, -0.15) is 0 Å². The van der Waals surface area contributed by atoms with Crippen LogP contribution in [0.1, 0.15) is 47.4 Å². The molecule has 0 nitrogen and oxygen atoms in total. The Morgan fingerprint density at radius 3 is 2.52 bits per heavy atom. The first kappa shape index (κ1) is 13.3. The molecule has 2 aliphatic rings. The maximum absolute atomic E-state index is 6.31. The van der Waals surface area contributed by atoms with Crippen molar-refractivity contribution in [2.24, 2.45) is 0 Å². The summed E-state index contributed by atoms with van der Waals surface area (Å²) in [6, 6.07) is 13.9. The van der Waals surface area contributed by atoms with Crippen LogP contribution >= 0.6 is 8.04 Å². The third kappa shape index (κ3) is 1.73. The molecule has 0 amide bonds. The van der Waals surface area contributed by atoms with Crippen molar-refractivity contribution < 1.29 is 0 Å². The third-order valence-corrected chi connectivity index (χ3v) is 6.61. The normalized spacial score (nSPS) is 25.9. The van der Waals surface area contributed by atoms with Crippen LogP contribution in [0.5, 0.6) is 0 Å². The topological polar surface area (TPSA) is 0 Å². The van der Waals surface area contributed by atoms with Crippen LogP contribution in [0.15, 0.2) is 36.4 Å². The summed E-state index contributed by atoms with van der Waals surface area (Å²) in [6.07, 6.45) is 10.1.